The van der Waals surface area contributed by atoms with Crippen LogP contribution in [0, 0.1) is 5.82 Å². The zero-order valence-corrected chi connectivity index (χ0v) is 16.8. The van der Waals surface area contributed by atoms with Crippen molar-refractivity contribution in [3.63, 3.8) is 0 Å². The number of halogens is 5. The molecule has 3 aromatic rings. The highest BCUT2D eigenvalue weighted by atomic mass is 79.9. The van der Waals surface area contributed by atoms with Crippen molar-refractivity contribution in [1.82, 2.24) is 0 Å². The molecule has 0 aromatic heterocycles. The first-order valence-electron chi connectivity index (χ1n) is 7.48. The van der Waals surface area contributed by atoms with Gasteiger partial charge in [0.1, 0.15) is 5.82 Å². The molecule has 132 valence electrons. The lowest BCUT2D eigenvalue weighted by Gasteiger charge is -2.29. The summed E-state index contributed by atoms with van der Waals surface area (Å²) in [5, 5.41) is 1.41. The minimum Gasteiger partial charge on any atom is -0.440 e. The van der Waals surface area contributed by atoms with Gasteiger partial charge in [0.15, 0.2) is 11.5 Å². The number of hydrogen-bond acceptors (Lipinski definition) is 2. The summed E-state index contributed by atoms with van der Waals surface area (Å²) in [6.07, 6.45) is 0. The van der Waals surface area contributed by atoms with Gasteiger partial charge in [0.05, 0.1) is 15.1 Å². The Hall–Kier alpha value is -1.46. The molecule has 2 nitrogen and oxygen atoms in total. The minimum atomic E-state index is -1.39. The molecular formula is C19H9BrCl3FO2. The fourth-order valence-electron chi connectivity index (χ4n) is 2.81. The van der Waals surface area contributed by atoms with Crippen LogP contribution in [0.1, 0.15) is 11.1 Å². The maximum Gasteiger partial charge on any atom is 0.307 e. The Morgan fingerprint density at radius 1 is 0.808 bits per heavy atom. The van der Waals surface area contributed by atoms with Crippen LogP contribution < -0.4 is 9.47 Å². The van der Waals surface area contributed by atoms with Gasteiger partial charge in [0.25, 0.3) is 0 Å². The molecule has 0 N–H and O–H groups in total. The second-order valence-corrected chi connectivity index (χ2v) is 7.80. The third kappa shape index (κ3) is 2.95. The summed E-state index contributed by atoms with van der Waals surface area (Å²) >= 11 is 21.6. The van der Waals surface area contributed by atoms with Crippen LogP contribution in [0.15, 0.2) is 59.1 Å². The summed E-state index contributed by atoms with van der Waals surface area (Å²) in [5.41, 5.74) is 1.19. The molecule has 1 heterocycles. The van der Waals surface area contributed by atoms with Crippen molar-refractivity contribution in [3.05, 3.63) is 91.1 Å². The predicted octanol–water partition coefficient (Wildman–Crippen LogP) is 7.22. The molecule has 0 amide bonds. The van der Waals surface area contributed by atoms with Gasteiger partial charge in [-0.15, -0.1) is 0 Å². The Morgan fingerprint density at radius 3 is 2.08 bits per heavy atom. The van der Waals surface area contributed by atoms with Gasteiger partial charge in [0.2, 0.25) is 0 Å². The summed E-state index contributed by atoms with van der Waals surface area (Å²) in [4.78, 5) is 0. The van der Waals surface area contributed by atoms with Crippen LogP contribution in [0.5, 0.6) is 11.5 Å². The molecule has 0 aliphatic carbocycles. The minimum absolute atomic E-state index is 0.270. The average Bonchev–Trinajstić information content (AvgIpc) is 2.95. The SMILES string of the molecule is Fc1cc2c(cc1Br)O[C@@](c1ccc(Cl)cc1)(c1ccc(Cl)cc1Cl)O2. The van der Waals surface area contributed by atoms with E-state index in [9.17, 15) is 4.39 Å². The lowest BCUT2D eigenvalue weighted by molar-refractivity contribution is -0.0458. The molecule has 1 atom stereocenters. The second-order valence-electron chi connectivity index (χ2n) is 5.66. The average molecular weight is 475 g/mol. The van der Waals surface area contributed by atoms with Crippen molar-refractivity contribution in [2.24, 2.45) is 0 Å². The zero-order valence-electron chi connectivity index (χ0n) is 12.9. The Morgan fingerprint density at radius 2 is 1.42 bits per heavy atom. The van der Waals surface area contributed by atoms with Gasteiger partial charge in [-0.25, -0.2) is 4.39 Å². The Kier molecular flexibility index (Phi) is 4.56. The first kappa shape index (κ1) is 17.9. The highest BCUT2D eigenvalue weighted by Gasteiger charge is 2.47. The van der Waals surface area contributed by atoms with E-state index in [1.54, 1.807) is 42.5 Å². The number of hydrogen-bond donors (Lipinski definition) is 0. The van der Waals surface area contributed by atoms with Crippen LogP contribution >= 0.6 is 50.7 Å². The summed E-state index contributed by atoms with van der Waals surface area (Å²) in [5.74, 6) is -1.19. The molecule has 0 saturated heterocycles. The van der Waals surface area contributed by atoms with Crippen molar-refractivity contribution in [3.8, 4) is 11.5 Å². The maximum atomic E-state index is 14.0. The van der Waals surface area contributed by atoms with E-state index < -0.39 is 11.6 Å². The van der Waals surface area contributed by atoms with Crippen LogP contribution in [-0.2, 0) is 5.79 Å². The lowest BCUT2D eigenvalue weighted by atomic mass is 9.97. The molecule has 0 spiro atoms. The number of benzene rings is 3. The third-order valence-corrected chi connectivity index (χ3v) is 5.41. The monoisotopic (exact) mass is 472 g/mol. The van der Waals surface area contributed by atoms with E-state index in [1.165, 1.54) is 12.1 Å². The molecule has 0 radical (unpaired) electrons. The van der Waals surface area contributed by atoms with Crippen LogP contribution in [-0.4, -0.2) is 0 Å². The van der Waals surface area contributed by atoms with Gasteiger partial charge in [-0.1, -0.05) is 34.8 Å². The summed E-state index contributed by atoms with van der Waals surface area (Å²) < 4.78 is 26.5. The van der Waals surface area contributed by atoms with E-state index in [4.69, 9.17) is 44.3 Å². The fraction of sp³-hybridized carbons (Fsp3) is 0.0526. The molecule has 0 unspecified atom stereocenters. The first-order chi connectivity index (χ1) is 12.4. The van der Waals surface area contributed by atoms with Crippen LogP contribution in [0.3, 0.4) is 0 Å². The number of rotatable bonds is 2. The Labute approximate surface area is 172 Å². The van der Waals surface area contributed by atoms with Crippen LogP contribution in [0.25, 0.3) is 0 Å². The molecular weight excluding hydrogens is 465 g/mol. The summed E-state index contributed by atoms with van der Waals surface area (Å²) in [7, 11) is 0. The van der Waals surface area contributed by atoms with E-state index in [0.29, 0.717) is 31.9 Å². The van der Waals surface area contributed by atoms with Crippen molar-refractivity contribution < 1.29 is 13.9 Å². The fourth-order valence-corrected chi connectivity index (χ4v) is 3.79. The predicted molar refractivity (Wildman–Crippen MR) is 104 cm³/mol. The van der Waals surface area contributed by atoms with E-state index in [1.807, 2.05) is 0 Å². The van der Waals surface area contributed by atoms with Gasteiger partial charge in [0, 0.05) is 27.7 Å². The van der Waals surface area contributed by atoms with Crippen molar-refractivity contribution in [2.45, 2.75) is 5.79 Å². The van der Waals surface area contributed by atoms with E-state index in [2.05, 4.69) is 15.9 Å². The van der Waals surface area contributed by atoms with Gasteiger partial charge in [-0.2, -0.15) is 0 Å². The maximum absolute atomic E-state index is 14.0. The molecule has 4 rings (SSSR count). The normalized spacial score (nSPS) is 18.2. The quantitative estimate of drug-likeness (QED) is 0.390. The molecule has 0 saturated carbocycles. The molecule has 26 heavy (non-hydrogen) atoms. The first-order valence-corrected chi connectivity index (χ1v) is 9.40. The third-order valence-electron chi connectivity index (χ3n) is 4.00. The van der Waals surface area contributed by atoms with Gasteiger partial charge in [-0.05, 0) is 58.4 Å². The smallest absolute Gasteiger partial charge is 0.307 e. The van der Waals surface area contributed by atoms with E-state index in [-0.39, 0.29) is 10.2 Å². The van der Waals surface area contributed by atoms with Crippen molar-refractivity contribution in [1.29, 1.82) is 0 Å². The molecule has 0 fully saturated rings. The van der Waals surface area contributed by atoms with Gasteiger partial charge < -0.3 is 9.47 Å². The molecule has 1 aliphatic rings. The van der Waals surface area contributed by atoms with E-state index in [0.717, 1.165) is 0 Å². The highest BCUT2D eigenvalue weighted by Crippen LogP contribution is 2.50. The van der Waals surface area contributed by atoms with Gasteiger partial charge in [-0.3, -0.25) is 0 Å². The summed E-state index contributed by atoms with van der Waals surface area (Å²) in [6.45, 7) is 0. The van der Waals surface area contributed by atoms with Crippen molar-refractivity contribution in [2.75, 3.05) is 0 Å². The van der Waals surface area contributed by atoms with Crippen LogP contribution in [0.2, 0.25) is 15.1 Å². The molecule has 3 aromatic carbocycles. The van der Waals surface area contributed by atoms with Crippen molar-refractivity contribution >= 4 is 50.7 Å². The second kappa shape index (κ2) is 6.61. The number of ether oxygens (including phenoxy) is 2. The van der Waals surface area contributed by atoms with Gasteiger partial charge >= 0.3 is 5.79 Å². The topological polar surface area (TPSA) is 18.5 Å². The highest BCUT2D eigenvalue weighted by molar-refractivity contribution is 9.10. The standard InChI is InChI=1S/C19H9BrCl3FO2/c20-14-8-17-18(9-16(14)24)26-19(25-17,10-1-3-11(21)4-2-10)13-6-5-12(22)7-15(13)23/h1-9H/t19-/m1/s1. The number of fused-ring (bicyclic) bond motifs is 1. The summed E-state index contributed by atoms with van der Waals surface area (Å²) in [6, 6.07) is 14.8. The Balaban J connectivity index is 1.93. The Bertz CT molecular complexity index is 977. The zero-order chi connectivity index (χ0) is 18.5. The largest absolute Gasteiger partial charge is 0.440 e. The molecule has 7 heteroatoms. The van der Waals surface area contributed by atoms with Crippen LogP contribution in [0.4, 0.5) is 4.39 Å². The molecule has 0 bridgehead atoms. The molecule has 1 aliphatic heterocycles. The lowest BCUT2D eigenvalue weighted by Crippen LogP contribution is -2.37. The van der Waals surface area contributed by atoms with E-state index >= 15 is 0 Å².